The zero-order valence-electron chi connectivity index (χ0n) is 26.6. The van der Waals surface area contributed by atoms with Crippen LogP contribution in [0.3, 0.4) is 0 Å². The second kappa shape index (κ2) is 11.2. The Balaban J connectivity index is 1.26. The van der Waals surface area contributed by atoms with E-state index in [0.717, 1.165) is 22.7 Å². The summed E-state index contributed by atoms with van der Waals surface area (Å²) < 4.78 is 5.03. The van der Waals surface area contributed by atoms with Crippen LogP contribution in [0.5, 0.6) is 0 Å². The summed E-state index contributed by atoms with van der Waals surface area (Å²) in [5.41, 5.74) is 9.33. The minimum Gasteiger partial charge on any atom is -0.309 e. The van der Waals surface area contributed by atoms with Crippen molar-refractivity contribution in [3.05, 3.63) is 182 Å². The van der Waals surface area contributed by atoms with Gasteiger partial charge in [0.15, 0.2) is 0 Å². The number of nitrogens with zero attached hydrogens (tertiary/aromatic N) is 2. The van der Waals surface area contributed by atoms with Gasteiger partial charge in [-0.05, 0) is 71.6 Å². The Morgan fingerprint density at radius 2 is 1.08 bits per heavy atom. The molecule has 2 nitrogen and oxygen atoms in total. The smallest absolute Gasteiger partial charge is 0.0561 e. The average molecular weight is 643 g/mol. The highest BCUT2D eigenvalue weighted by Gasteiger charge is 2.21. The molecule has 0 N–H and O–H groups in total. The zero-order chi connectivity index (χ0) is 32.3. The van der Waals surface area contributed by atoms with E-state index in [1.54, 1.807) is 0 Å². The molecule has 0 spiro atoms. The fourth-order valence-corrected chi connectivity index (χ4v) is 8.66. The monoisotopic (exact) mass is 642 g/mol. The lowest BCUT2D eigenvalue weighted by atomic mass is 9.99. The van der Waals surface area contributed by atoms with Gasteiger partial charge in [-0.1, -0.05) is 121 Å². The molecule has 0 saturated carbocycles. The van der Waals surface area contributed by atoms with Crippen LogP contribution in [0, 0.1) is 0 Å². The van der Waals surface area contributed by atoms with Crippen molar-refractivity contribution in [1.29, 1.82) is 0 Å². The molecule has 3 heteroatoms. The van der Waals surface area contributed by atoms with Crippen molar-refractivity contribution in [2.45, 2.75) is 0 Å². The molecule has 49 heavy (non-hydrogen) atoms. The first kappa shape index (κ1) is 27.9. The Morgan fingerprint density at radius 3 is 2.00 bits per heavy atom. The summed E-state index contributed by atoms with van der Waals surface area (Å²) in [5, 5.41) is 7.53. The fourth-order valence-electron chi connectivity index (χ4n) is 7.57. The Morgan fingerprint density at radius 1 is 0.408 bits per heavy atom. The Kier molecular flexibility index (Phi) is 6.39. The number of thiophene rings is 1. The summed E-state index contributed by atoms with van der Waals surface area (Å²) in [4.78, 5) is 2.46. The van der Waals surface area contributed by atoms with Gasteiger partial charge in [0.05, 0.1) is 22.4 Å². The lowest BCUT2D eigenvalue weighted by Gasteiger charge is -2.29. The number of anilines is 3. The molecule has 10 aromatic rings. The summed E-state index contributed by atoms with van der Waals surface area (Å²) in [7, 11) is 0. The molecule has 0 aliphatic rings. The molecule has 0 fully saturated rings. The van der Waals surface area contributed by atoms with Crippen molar-refractivity contribution in [1.82, 2.24) is 4.57 Å². The normalized spacial score (nSPS) is 11.7. The SMILES string of the molecule is c1ccc(-n2c3ccccc3c3ccc(N(c4ccccc4-c4ccc5sc6ccccc6c5c4)c4cccc5ccccc45)cc32)cc1. The van der Waals surface area contributed by atoms with E-state index < -0.39 is 0 Å². The van der Waals surface area contributed by atoms with Gasteiger partial charge in [0.2, 0.25) is 0 Å². The van der Waals surface area contributed by atoms with Crippen molar-refractivity contribution >= 4 is 81.1 Å². The van der Waals surface area contributed by atoms with E-state index >= 15 is 0 Å². The van der Waals surface area contributed by atoms with Crippen LogP contribution in [0.25, 0.3) is 69.6 Å². The summed E-state index contributed by atoms with van der Waals surface area (Å²) in [6.45, 7) is 0. The van der Waals surface area contributed by atoms with E-state index in [1.165, 1.54) is 63.9 Å². The molecule has 0 radical (unpaired) electrons. The van der Waals surface area contributed by atoms with Crippen LogP contribution in [-0.4, -0.2) is 4.57 Å². The van der Waals surface area contributed by atoms with Crippen LogP contribution in [0.4, 0.5) is 17.1 Å². The van der Waals surface area contributed by atoms with Crippen LogP contribution in [0.2, 0.25) is 0 Å². The number of hydrogen-bond acceptors (Lipinski definition) is 2. The second-order valence-corrected chi connectivity index (χ2v) is 13.6. The van der Waals surface area contributed by atoms with E-state index in [2.05, 4.69) is 191 Å². The van der Waals surface area contributed by atoms with Gasteiger partial charge < -0.3 is 9.47 Å². The van der Waals surface area contributed by atoms with Crippen LogP contribution in [0.1, 0.15) is 0 Å². The van der Waals surface area contributed by atoms with Gasteiger partial charge in [-0.2, -0.15) is 0 Å². The van der Waals surface area contributed by atoms with Crippen LogP contribution in [-0.2, 0) is 0 Å². The number of hydrogen-bond donors (Lipinski definition) is 0. The third-order valence-corrected chi connectivity index (χ3v) is 10.9. The number of aromatic nitrogens is 1. The molecule has 0 saturated heterocycles. The maximum atomic E-state index is 2.46. The van der Waals surface area contributed by atoms with Gasteiger partial charge in [0.25, 0.3) is 0 Å². The van der Waals surface area contributed by atoms with Crippen molar-refractivity contribution in [3.8, 4) is 16.8 Å². The summed E-state index contributed by atoms with van der Waals surface area (Å²) in [6.07, 6.45) is 0. The predicted molar refractivity (Wildman–Crippen MR) is 211 cm³/mol. The Bertz CT molecular complexity index is 2840. The standard InChI is InChI=1S/C46H30N2S/c1-2-15-33(16-3-1)47-43-22-10-7-19-37(43)38-27-26-34(30-44(38)47)48(42-23-12-14-31-13-4-5-17-35(31)42)41-21-9-6-18-36(41)32-25-28-46-40(29-32)39-20-8-11-24-45(39)49-46/h1-30H. The molecule has 10 rings (SSSR count). The number of rotatable bonds is 5. The van der Waals surface area contributed by atoms with Gasteiger partial charge >= 0.3 is 0 Å². The number of benzene rings is 8. The molecule has 0 bridgehead atoms. The molecule has 8 aromatic carbocycles. The topological polar surface area (TPSA) is 8.17 Å². The zero-order valence-corrected chi connectivity index (χ0v) is 27.4. The predicted octanol–water partition coefficient (Wildman–Crippen LogP) is 13.4. The summed E-state index contributed by atoms with van der Waals surface area (Å²) in [5.74, 6) is 0. The van der Waals surface area contributed by atoms with E-state index in [9.17, 15) is 0 Å². The maximum absolute atomic E-state index is 2.46. The molecule has 0 amide bonds. The molecule has 0 aliphatic heterocycles. The van der Waals surface area contributed by atoms with Crippen molar-refractivity contribution in [3.63, 3.8) is 0 Å². The average Bonchev–Trinajstić information content (AvgIpc) is 3.71. The van der Waals surface area contributed by atoms with E-state index in [-0.39, 0.29) is 0 Å². The first-order valence-corrected chi connectivity index (χ1v) is 17.5. The van der Waals surface area contributed by atoms with E-state index in [4.69, 9.17) is 0 Å². The fraction of sp³-hybridized carbons (Fsp3) is 0. The van der Waals surface area contributed by atoms with Gasteiger partial charge in [-0.25, -0.2) is 0 Å². The Labute approximate surface area is 288 Å². The van der Waals surface area contributed by atoms with Crippen LogP contribution in [0.15, 0.2) is 182 Å². The molecular weight excluding hydrogens is 613 g/mol. The van der Waals surface area contributed by atoms with Gasteiger partial charge in [-0.3, -0.25) is 0 Å². The van der Waals surface area contributed by atoms with Crippen molar-refractivity contribution in [2.75, 3.05) is 4.90 Å². The highest BCUT2D eigenvalue weighted by molar-refractivity contribution is 7.25. The lowest BCUT2D eigenvalue weighted by Crippen LogP contribution is -2.12. The minimum atomic E-state index is 1.11. The highest BCUT2D eigenvalue weighted by Crippen LogP contribution is 2.46. The highest BCUT2D eigenvalue weighted by atomic mass is 32.1. The minimum absolute atomic E-state index is 1.11. The van der Waals surface area contributed by atoms with Crippen LogP contribution >= 0.6 is 11.3 Å². The lowest BCUT2D eigenvalue weighted by molar-refractivity contribution is 1.18. The number of para-hydroxylation sites is 3. The van der Waals surface area contributed by atoms with E-state index in [1.807, 2.05) is 11.3 Å². The number of fused-ring (bicyclic) bond motifs is 7. The molecule has 2 heterocycles. The quantitative estimate of drug-likeness (QED) is 0.181. The third kappa shape index (κ3) is 4.47. The van der Waals surface area contributed by atoms with Gasteiger partial charge in [0, 0.05) is 53.3 Å². The molecule has 2 aromatic heterocycles. The Hall–Kier alpha value is -6.16. The first-order chi connectivity index (χ1) is 24.3. The molecule has 0 unspecified atom stereocenters. The van der Waals surface area contributed by atoms with E-state index in [0.29, 0.717) is 0 Å². The van der Waals surface area contributed by atoms with Gasteiger partial charge in [-0.15, -0.1) is 11.3 Å². The second-order valence-electron chi connectivity index (χ2n) is 12.5. The summed E-state index contributed by atoms with van der Waals surface area (Å²) >= 11 is 1.86. The van der Waals surface area contributed by atoms with Gasteiger partial charge in [0.1, 0.15) is 0 Å². The van der Waals surface area contributed by atoms with Crippen molar-refractivity contribution < 1.29 is 0 Å². The van der Waals surface area contributed by atoms with Crippen LogP contribution < -0.4 is 4.90 Å². The first-order valence-electron chi connectivity index (χ1n) is 16.7. The summed E-state index contributed by atoms with van der Waals surface area (Å²) in [6, 6.07) is 66.3. The molecule has 0 aliphatic carbocycles. The third-order valence-electron chi connectivity index (χ3n) is 9.77. The maximum Gasteiger partial charge on any atom is 0.0561 e. The molecular formula is C46H30N2S. The largest absolute Gasteiger partial charge is 0.309 e. The molecule has 230 valence electrons. The van der Waals surface area contributed by atoms with Crippen molar-refractivity contribution in [2.24, 2.45) is 0 Å². The molecule has 0 atom stereocenters.